The molecule has 2 aromatic carbocycles. The number of rotatable bonds is 6. The third-order valence-corrected chi connectivity index (χ3v) is 6.45. The standard InChI is InChI=1S/C22H25N5O3S/c1-15-22(16(2)27(25-15)18-6-4-3-5-7-18)24-21(28)11-13-26-12-10-17-8-9-19(14-20(17)26)31(23,29)30/h3-9,14H,10-13H2,1-2H3,(H,24,28)(H2,23,29,30). The Morgan fingerprint density at radius 1 is 1.16 bits per heavy atom. The van der Waals surface area contributed by atoms with Gasteiger partial charge in [-0.2, -0.15) is 5.10 Å². The van der Waals surface area contributed by atoms with Crippen LogP contribution in [0, 0.1) is 13.8 Å². The first-order chi connectivity index (χ1) is 14.7. The second-order valence-electron chi connectivity index (χ2n) is 7.66. The number of fused-ring (bicyclic) bond motifs is 1. The van der Waals surface area contributed by atoms with Crippen molar-refractivity contribution in [1.29, 1.82) is 0 Å². The van der Waals surface area contributed by atoms with Gasteiger partial charge in [-0.15, -0.1) is 0 Å². The van der Waals surface area contributed by atoms with Crippen LogP contribution in [0.25, 0.3) is 5.69 Å². The topological polar surface area (TPSA) is 110 Å². The van der Waals surface area contributed by atoms with Crippen molar-refractivity contribution in [3.63, 3.8) is 0 Å². The van der Waals surface area contributed by atoms with E-state index in [0.29, 0.717) is 12.2 Å². The van der Waals surface area contributed by atoms with Gasteiger partial charge in [0.05, 0.1) is 27.7 Å². The summed E-state index contributed by atoms with van der Waals surface area (Å²) in [4.78, 5) is 14.8. The van der Waals surface area contributed by atoms with Gasteiger partial charge in [-0.05, 0) is 50.1 Å². The number of carbonyl (C=O) groups is 1. The maximum absolute atomic E-state index is 12.7. The number of aryl methyl sites for hydroxylation is 1. The lowest BCUT2D eigenvalue weighted by Gasteiger charge is -2.19. The molecule has 3 aromatic rings. The molecule has 2 heterocycles. The van der Waals surface area contributed by atoms with Gasteiger partial charge in [-0.1, -0.05) is 24.3 Å². The molecule has 0 saturated heterocycles. The zero-order chi connectivity index (χ0) is 22.2. The Morgan fingerprint density at radius 3 is 2.61 bits per heavy atom. The highest BCUT2D eigenvalue weighted by Gasteiger charge is 2.22. The summed E-state index contributed by atoms with van der Waals surface area (Å²) >= 11 is 0. The molecule has 8 nitrogen and oxygen atoms in total. The largest absolute Gasteiger partial charge is 0.370 e. The Morgan fingerprint density at radius 2 is 1.90 bits per heavy atom. The molecule has 0 atom stereocenters. The van der Waals surface area contributed by atoms with Crippen molar-refractivity contribution in [2.24, 2.45) is 5.14 Å². The fourth-order valence-electron chi connectivity index (χ4n) is 3.92. The van der Waals surface area contributed by atoms with Crippen LogP contribution in [0.4, 0.5) is 11.4 Å². The summed E-state index contributed by atoms with van der Waals surface area (Å²) in [7, 11) is -3.77. The number of sulfonamides is 1. The number of nitrogens with zero attached hydrogens (tertiary/aromatic N) is 3. The SMILES string of the molecule is Cc1nn(-c2ccccc2)c(C)c1NC(=O)CCN1CCc2ccc(S(N)(=O)=O)cc21. The molecular formula is C22H25N5O3S. The van der Waals surface area contributed by atoms with E-state index < -0.39 is 10.0 Å². The molecule has 0 spiro atoms. The molecule has 0 aliphatic carbocycles. The Labute approximate surface area is 181 Å². The number of amides is 1. The highest BCUT2D eigenvalue weighted by atomic mass is 32.2. The van der Waals surface area contributed by atoms with Crippen LogP contribution in [-0.4, -0.2) is 37.2 Å². The lowest BCUT2D eigenvalue weighted by Crippen LogP contribution is -2.26. The number of nitrogens with two attached hydrogens (primary N) is 1. The van der Waals surface area contributed by atoms with Gasteiger partial charge >= 0.3 is 0 Å². The van der Waals surface area contributed by atoms with E-state index in [4.69, 9.17) is 5.14 Å². The van der Waals surface area contributed by atoms with Crippen molar-refractivity contribution >= 4 is 27.3 Å². The van der Waals surface area contributed by atoms with Gasteiger partial charge in [0.25, 0.3) is 0 Å². The van der Waals surface area contributed by atoms with Crippen LogP contribution in [0.3, 0.4) is 0 Å². The summed E-state index contributed by atoms with van der Waals surface area (Å²) in [6, 6.07) is 14.7. The maximum atomic E-state index is 12.7. The summed E-state index contributed by atoms with van der Waals surface area (Å²) in [6.45, 7) is 5.01. The predicted octanol–water partition coefficient (Wildman–Crippen LogP) is 2.53. The second kappa shape index (κ2) is 8.16. The fraction of sp³-hybridized carbons (Fsp3) is 0.273. The number of anilines is 2. The molecule has 0 radical (unpaired) electrons. The summed E-state index contributed by atoms with van der Waals surface area (Å²) in [5.41, 5.74) is 5.14. The van der Waals surface area contributed by atoms with Crippen LogP contribution in [0.2, 0.25) is 0 Å². The smallest absolute Gasteiger partial charge is 0.238 e. The van der Waals surface area contributed by atoms with Gasteiger partial charge in [0.2, 0.25) is 15.9 Å². The summed E-state index contributed by atoms with van der Waals surface area (Å²) < 4.78 is 25.1. The number of aromatic nitrogens is 2. The Hall–Kier alpha value is -3.17. The molecule has 0 saturated carbocycles. The van der Waals surface area contributed by atoms with Crippen molar-refractivity contribution in [3.05, 3.63) is 65.5 Å². The Bertz CT molecular complexity index is 1240. The zero-order valence-corrected chi connectivity index (χ0v) is 18.3. The van der Waals surface area contributed by atoms with E-state index in [1.54, 1.807) is 12.1 Å². The van der Waals surface area contributed by atoms with Gasteiger partial charge in [-0.3, -0.25) is 4.79 Å². The lowest BCUT2D eigenvalue weighted by atomic mass is 10.2. The number of hydrogen-bond donors (Lipinski definition) is 2. The first kappa shape index (κ1) is 21.1. The number of hydrogen-bond acceptors (Lipinski definition) is 5. The van der Waals surface area contributed by atoms with Gasteiger partial charge in [-0.25, -0.2) is 18.2 Å². The minimum atomic E-state index is -3.77. The average Bonchev–Trinajstić information content (AvgIpc) is 3.27. The number of carbonyl (C=O) groups excluding carboxylic acids is 1. The van der Waals surface area contributed by atoms with Crippen molar-refractivity contribution < 1.29 is 13.2 Å². The van der Waals surface area contributed by atoms with E-state index in [9.17, 15) is 13.2 Å². The molecule has 0 fully saturated rings. The predicted molar refractivity (Wildman–Crippen MR) is 120 cm³/mol. The average molecular weight is 440 g/mol. The molecule has 1 aliphatic rings. The van der Waals surface area contributed by atoms with Crippen LogP contribution < -0.4 is 15.4 Å². The van der Waals surface area contributed by atoms with E-state index in [-0.39, 0.29) is 17.2 Å². The van der Waals surface area contributed by atoms with E-state index >= 15 is 0 Å². The molecule has 31 heavy (non-hydrogen) atoms. The second-order valence-corrected chi connectivity index (χ2v) is 9.23. The van der Waals surface area contributed by atoms with Gasteiger partial charge in [0.1, 0.15) is 0 Å². The van der Waals surface area contributed by atoms with Crippen LogP contribution in [0.1, 0.15) is 23.4 Å². The molecule has 1 aromatic heterocycles. The van der Waals surface area contributed by atoms with Crippen LogP contribution in [-0.2, 0) is 21.2 Å². The van der Waals surface area contributed by atoms with E-state index in [1.807, 2.05) is 53.8 Å². The maximum Gasteiger partial charge on any atom is 0.238 e. The van der Waals surface area contributed by atoms with E-state index in [2.05, 4.69) is 10.4 Å². The van der Waals surface area contributed by atoms with Gasteiger partial charge in [0.15, 0.2) is 0 Å². The fourth-order valence-corrected chi connectivity index (χ4v) is 4.45. The first-order valence-corrected chi connectivity index (χ1v) is 11.6. The molecule has 162 valence electrons. The van der Waals surface area contributed by atoms with Crippen LogP contribution >= 0.6 is 0 Å². The highest BCUT2D eigenvalue weighted by molar-refractivity contribution is 7.89. The summed E-state index contributed by atoms with van der Waals surface area (Å²) in [6.07, 6.45) is 1.08. The number of para-hydroxylation sites is 1. The van der Waals surface area contributed by atoms with E-state index in [1.165, 1.54) is 6.07 Å². The monoisotopic (exact) mass is 439 g/mol. The van der Waals surface area contributed by atoms with Crippen molar-refractivity contribution in [3.8, 4) is 5.69 Å². The number of benzene rings is 2. The molecule has 9 heteroatoms. The zero-order valence-electron chi connectivity index (χ0n) is 17.5. The summed E-state index contributed by atoms with van der Waals surface area (Å²) in [5, 5.41) is 12.8. The van der Waals surface area contributed by atoms with E-state index in [0.717, 1.165) is 41.3 Å². The van der Waals surface area contributed by atoms with Crippen LogP contribution in [0.15, 0.2) is 53.4 Å². The molecule has 3 N–H and O–H groups in total. The first-order valence-electron chi connectivity index (χ1n) is 10.1. The molecule has 1 amide bonds. The minimum absolute atomic E-state index is 0.0853. The third kappa shape index (κ3) is 4.33. The van der Waals surface area contributed by atoms with Crippen LogP contribution in [0.5, 0.6) is 0 Å². The van der Waals surface area contributed by atoms with Crippen molar-refractivity contribution in [1.82, 2.24) is 9.78 Å². The van der Waals surface area contributed by atoms with Gasteiger partial charge < -0.3 is 10.2 Å². The highest BCUT2D eigenvalue weighted by Crippen LogP contribution is 2.30. The normalized spacial score (nSPS) is 13.3. The van der Waals surface area contributed by atoms with Crippen molar-refractivity contribution in [2.45, 2.75) is 31.6 Å². The molecular weight excluding hydrogens is 414 g/mol. The molecule has 0 unspecified atom stereocenters. The number of nitrogens with one attached hydrogen (secondary N) is 1. The summed E-state index contributed by atoms with van der Waals surface area (Å²) in [5.74, 6) is -0.116. The van der Waals surface area contributed by atoms with Gasteiger partial charge in [0, 0.05) is 25.2 Å². The molecule has 4 rings (SSSR count). The van der Waals surface area contributed by atoms with Crippen molar-refractivity contribution in [2.75, 3.05) is 23.3 Å². The minimum Gasteiger partial charge on any atom is -0.370 e. The molecule has 1 aliphatic heterocycles. The third-order valence-electron chi connectivity index (χ3n) is 5.54. The number of primary sulfonamides is 1. The quantitative estimate of drug-likeness (QED) is 0.613. The molecule has 0 bridgehead atoms. The Balaban J connectivity index is 1.44. The Kier molecular flexibility index (Phi) is 5.55. The lowest BCUT2D eigenvalue weighted by molar-refractivity contribution is -0.116.